The van der Waals surface area contributed by atoms with Crippen molar-refractivity contribution in [3.05, 3.63) is 58.1 Å². The first-order chi connectivity index (χ1) is 9.15. The van der Waals surface area contributed by atoms with Gasteiger partial charge in [0.05, 0.1) is 21.4 Å². The van der Waals surface area contributed by atoms with Crippen LogP contribution >= 0.6 is 23.2 Å². The summed E-state index contributed by atoms with van der Waals surface area (Å²) in [6.07, 6.45) is 0. The molecule has 0 spiro atoms. The number of carbonyl (C=O) groups is 1. The van der Waals surface area contributed by atoms with E-state index in [-0.39, 0.29) is 5.91 Å². The number of nitrogens with one attached hydrogen (secondary N) is 2. The highest BCUT2D eigenvalue weighted by atomic mass is 35.5. The summed E-state index contributed by atoms with van der Waals surface area (Å²) in [5.74, 6) is -0.114. The lowest BCUT2D eigenvalue weighted by atomic mass is 10.0. The van der Waals surface area contributed by atoms with Crippen molar-refractivity contribution in [3.63, 3.8) is 0 Å². The summed E-state index contributed by atoms with van der Waals surface area (Å²) in [4.78, 5) is 12.1. The van der Waals surface area contributed by atoms with Gasteiger partial charge in [0.2, 0.25) is 0 Å². The molecule has 1 heterocycles. The lowest BCUT2D eigenvalue weighted by Crippen LogP contribution is -2.31. The zero-order chi connectivity index (χ0) is 13.4. The highest BCUT2D eigenvalue weighted by molar-refractivity contribution is 6.42. The van der Waals surface area contributed by atoms with Crippen molar-refractivity contribution in [1.82, 2.24) is 0 Å². The minimum Gasteiger partial charge on any atom is -0.368 e. The molecule has 2 N–H and O–H groups in total. The molecule has 2 aromatic rings. The molecule has 0 bridgehead atoms. The van der Waals surface area contributed by atoms with Crippen molar-refractivity contribution in [2.24, 2.45) is 0 Å². The molecule has 0 saturated heterocycles. The second-order valence-corrected chi connectivity index (χ2v) is 5.10. The van der Waals surface area contributed by atoms with Gasteiger partial charge in [-0.3, -0.25) is 4.79 Å². The van der Waals surface area contributed by atoms with Gasteiger partial charge >= 0.3 is 0 Å². The van der Waals surface area contributed by atoms with Crippen LogP contribution in [0.2, 0.25) is 10.0 Å². The van der Waals surface area contributed by atoms with E-state index in [9.17, 15) is 4.79 Å². The first kappa shape index (κ1) is 12.3. The highest BCUT2D eigenvalue weighted by Crippen LogP contribution is 2.37. The average molecular weight is 293 g/mol. The van der Waals surface area contributed by atoms with E-state index in [1.807, 2.05) is 30.3 Å². The Morgan fingerprint density at radius 3 is 2.26 bits per heavy atom. The number of carbonyl (C=O) groups excluding carboxylic acids is 1. The van der Waals surface area contributed by atoms with E-state index in [4.69, 9.17) is 23.2 Å². The largest absolute Gasteiger partial charge is 0.368 e. The van der Waals surface area contributed by atoms with Gasteiger partial charge in [0.15, 0.2) is 0 Å². The lowest BCUT2D eigenvalue weighted by Gasteiger charge is -2.27. The molecule has 0 radical (unpaired) electrons. The maximum Gasteiger partial charge on any atom is 0.251 e. The molecule has 1 atom stereocenters. The van der Waals surface area contributed by atoms with Gasteiger partial charge in [0.25, 0.3) is 5.91 Å². The normalized spacial score (nSPS) is 17.4. The number of fused-ring (bicyclic) bond motifs is 1. The van der Waals surface area contributed by atoms with Crippen molar-refractivity contribution in [2.75, 3.05) is 10.6 Å². The van der Waals surface area contributed by atoms with E-state index >= 15 is 0 Å². The number of rotatable bonds is 1. The van der Waals surface area contributed by atoms with Crippen LogP contribution in [0.5, 0.6) is 0 Å². The summed E-state index contributed by atoms with van der Waals surface area (Å²) < 4.78 is 0. The summed E-state index contributed by atoms with van der Waals surface area (Å²) in [6.45, 7) is 0. The molecule has 0 aliphatic carbocycles. The van der Waals surface area contributed by atoms with E-state index in [0.717, 1.165) is 11.3 Å². The van der Waals surface area contributed by atoms with Crippen LogP contribution in [0.15, 0.2) is 42.5 Å². The number of anilines is 2. The smallest absolute Gasteiger partial charge is 0.251 e. The molecule has 1 unspecified atom stereocenters. The van der Waals surface area contributed by atoms with Crippen molar-refractivity contribution in [3.8, 4) is 0 Å². The van der Waals surface area contributed by atoms with Gasteiger partial charge in [-0.2, -0.15) is 0 Å². The summed E-state index contributed by atoms with van der Waals surface area (Å²) in [5.41, 5.74) is 2.31. The van der Waals surface area contributed by atoms with Crippen molar-refractivity contribution in [1.29, 1.82) is 0 Å². The van der Waals surface area contributed by atoms with E-state index < -0.39 is 6.04 Å². The van der Waals surface area contributed by atoms with Crippen molar-refractivity contribution in [2.45, 2.75) is 6.04 Å². The van der Waals surface area contributed by atoms with Crippen molar-refractivity contribution >= 4 is 40.5 Å². The highest BCUT2D eigenvalue weighted by Gasteiger charge is 2.27. The molecule has 96 valence electrons. The summed E-state index contributed by atoms with van der Waals surface area (Å²) in [7, 11) is 0. The Morgan fingerprint density at radius 1 is 0.947 bits per heavy atom. The van der Waals surface area contributed by atoms with Crippen LogP contribution in [0.1, 0.15) is 11.6 Å². The Kier molecular flexibility index (Phi) is 3.09. The van der Waals surface area contributed by atoms with E-state index in [0.29, 0.717) is 15.7 Å². The van der Waals surface area contributed by atoms with Crippen LogP contribution in [0.3, 0.4) is 0 Å². The number of hydrogen-bond acceptors (Lipinski definition) is 2. The monoisotopic (exact) mass is 292 g/mol. The second kappa shape index (κ2) is 4.76. The first-order valence-corrected chi connectivity index (χ1v) is 6.52. The minimum atomic E-state index is -0.425. The molecule has 0 fully saturated rings. The summed E-state index contributed by atoms with van der Waals surface area (Å²) >= 11 is 11.9. The third kappa shape index (κ3) is 2.27. The Morgan fingerprint density at radius 2 is 1.58 bits per heavy atom. The van der Waals surface area contributed by atoms with Crippen LogP contribution < -0.4 is 10.6 Å². The fourth-order valence-corrected chi connectivity index (χ4v) is 2.40. The number of halogens is 2. The number of amides is 1. The third-order valence-corrected chi connectivity index (χ3v) is 3.74. The average Bonchev–Trinajstić information content (AvgIpc) is 2.41. The summed E-state index contributed by atoms with van der Waals surface area (Å²) in [5, 5.41) is 6.88. The molecule has 3 rings (SSSR count). The molecule has 2 aromatic carbocycles. The fourth-order valence-electron chi connectivity index (χ4n) is 2.08. The molecule has 1 aliphatic heterocycles. The lowest BCUT2D eigenvalue weighted by molar-refractivity contribution is -0.117. The van der Waals surface area contributed by atoms with Gasteiger partial charge < -0.3 is 10.6 Å². The summed E-state index contributed by atoms with van der Waals surface area (Å²) in [6, 6.07) is 12.4. The molecule has 3 nitrogen and oxygen atoms in total. The zero-order valence-electron chi connectivity index (χ0n) is 9.78. The van der Waals surface area contributed by atoms with E-state index in [2.05, 4.69) is 10.6 Å². The van der Waals surface area contributed by atoms with Crippen LogP contribution in [0.25, 0.3) is 0 Å². The minimum absolute atomic E-state index is 0.114. The standard InChI is InChI=1S/C14H10Cl2N2O/c15-9-6-11-12(7-10(9)16)18-14(19)13(17-11)8-4-2-1-3-5-8/h1-7,13,17H,(H,18,19). The zero-order valence-corrected chi connectivity index (χ0v) is 11.3. The maximum absolute atomic E-state index is 12.1. The molecule has 1 aliphatic rings. The van der Waals surface area contributed by atoms with Crippen LogP contribution in [0.4, 0.5) is 11.4 Å². The predicted octanol–water partition coefficient (Wildman–Crippen LogP) is 4.10. The Labute approximate surface area is 120 Å². The number of benzene rings is 2. The first-order valence-electron chi connectivity index (χ1n) is 5.76. The molecule has 5 heteroatoms. The maximum atomic E-state index is 12.1. The molecule has 19 heavy (non-hydrogen) atoms. The number of hydrogen-bond donors (Lipinski definition) is 2. The van der Waals surface area contributed by atoms with Crippen LogP contribution in [-0.4, -0.2) is 5.91 Å². The van der Waals surface area contributed by atoms with Crippen LogP contribution in [-0.2, 0) is 4.79 Å². The van der Waals surface area contributed by atoms with Gasteiger partial charge in [-0.05, 0) is 17.7 Å². The Hall–Kier alpha value is -1.71. The molecule has 1 amide bonds. The quantitative estimate of drug-likeness (QED) is 0.831. The van der Waals surface area contributed by atoms with Gasteiger partial charge in [-0.15, -0.1) is 0 Å². The molecular weight excluding hydrogens is 283 g/mol. The topological polar surface area (TPSA) is 41.1 Å². The Balaban J connectivity index is 2.00. The predicted molar refractivity (Wildman–Crippen MR) is 77.9 cm³/mol. The third-order valence-electron chi connectivity index (χ3n) is 3.01. The van der Waals surface area contributed by atoms with Gasteiger partial charge in [0, 0.05) is 0 Å². The molecule has 0 saturated carbocycles. The van der Waals surface area contributed by atoms with Gasteiger partial charge in [0.1, 0.15) is 6.04 Å². The van der Waals surface area contributed by atoms with Crippen LogP contribution in [0, 0.1) is 0 Å². The van der Waals surface area contributed by atoms with Gasteiger partial charge in [-0.1, -0.05) is 53.5 Å². The van der Waals surface area contributed by atoms with Crippen molar-refractivity contribution < 1.29 is 4.79 Å². The second-order valence-electron chi connectivity index (χ2n) is 4.29. The van der Waals surface area contributed by atoms with E-state index in [1.165, 1.54) is 0 Å². The Bertz CT molecular complexity index is 643. The molecule has 0 aromatic heterocycles. The molecular formula is C14H10Cl2N2O. The SMILES string of the molecule is O=C1Nc2cc(Cl)c(Cl)cc2NC1c1ccccc1. The van der Waals surface area contributed by atoms with E-state index in [1.54, 1.807) is 12.1 Å². The van der Waals surface area contributed by atoms with Gasteiger partial charge in [-0.25, -0.2) is 0 Å². The fraction of sp³-hybridized carbons (Fsp3) is 0.0714.